The monoisotopic (exact) mass is 670 g/mol. The van der Waals surface area contributed by atoms with Gasteiger partial charge in [0.05, 0.1) is 31.0 Å². The van der Waals surface area contributed by atoms with Gasteiger partial charge in [-0.25, -0.2) is 5.84 Å². The summed E-state index contributed by atoms with van der Waals surface area (Å²) < 4.78 is 10.1. The summed E-state index contributed by atoms with van der Waals surface area (Å²) in [6, 6.07) is 28.9. The number of nitrogens with zero attached hydrogens (tertiary/aromatic N) is 2. The molecular formula is C32H30N8O5S2. The van der Waals surface area contributed by atoms with E-state index < -0.39 is 11.7 Å². The summed E-state index contributed by atoms with van der Waals surface area (Å²) in [7, 11) is 3.23. The predicted molar refractivity (Wildman–Crippen MR) is 190 cm³/mol. The molecule has 8 N–H and O–H groups in total. The summed E-state index contributed by atoms with van der Waals surface area (Å²) in [5.41, 5.74) is 6.20. The molecule has 1 amide bonds. The van der Waals surface area contributed by atoms with Gasteiger partial charge >= 0.3 is 0 Å². The van der Waals surface area contributed by atoms with Gasteiger partial charge in [-0.2, -0.15) is 0 Å². The minimum atomic E-state index is -0.536. The first-order chi connectivity index (χ1) is 22.7. The molecule has 0 bridgehead atoms. The zero-order chi connectivity index (χ0) is 33.8. The summed E-state index contributed by atoms with van der Waals surface area (Å²) >= 11 is 9.96. The Hall–Kier alpha value is -5.90. The summed E-state index contributed by atoms with van der Waals surface area (Å²) in [5, 5.41) is 27.5. The van der Waals surface area contributed by atoms with Gasteiger partial charge in [-0.05, 0) is 91.2 Å². The summed E-state index contributed by atoms with van der Waals surface area (Å²) in [6.07, 6.45) is 0. The fraction of sp³-hybridized carbons (Fsp3) is 0.0625. The second-order valence-corrected chi connectivity index (χ2v) is 10.2. The van der Waals surface area contributed by atoms with Crippen LogP contribution in [-0.4, -0.2) is 46.2 Å². The number of Topliss-reactive ketones (excluding diaryl/α,β-unsaturated/α-hetero) is 1. The maximum atomic E-state index is 11.0. The van der Waals surface area contributed by atoms with Crippen LogP contribution >= 0.6 is 24.4 Å². The van der Waals surface area contributed by atoms with E-state index in [0.29, 0.717) is 22.1 Å². The van der Waals surface area contributed by atoms with Crippen molar-refractivity contribution in [1.29, 1.82) is 0 Å². The molecule has 0 aliphatic carbocycles. The molecule has 0 saturated carbocycles. The molecule has 0 atom stereocenters. The minimum Gasteiger partial charge on any atom is -0.497 e. The standard InChI is InChI=1S/C16H14N4O2S.C8H11N3OS.C8H5NO2/c1-22-11-8-6-10(7-9-11)17-16(23)20-19-14-12-4-2-3-5-13(12)18-15(14)21;1-12-7-4-2-6(3-5-7)10-8(13)11-9;10-7-5-3-1-2-4-6(5)9-8(7)11/h2-9,18,21H,1H3,(H,17,23);2-5H,9H2,1H3,(H2,10,11,13);1-4H,(H,9,10,11). The van der Waals surface area contributed by atoms with Gasteiger partial charge in [0, 0.05) is 16.8 Å². The SMILES string of the molecule is COc1ccc(NC(=S)N=Nc2c(O)[nH]c3ccccc23)cc1.COc1ccc(NC(=S)NN)cc1.O=C1Nc2ccccc2C1=O. The van der Waals surface area contributed by atoms with Crippen molar-refractivity contribution in [2.45, 2.75) is 0 Å². The van der Waals surface area contributed by atoms with Crippen LogP contribution in [0.2, 0.25) is 0 Å². The number of ketones is 1. The van der Waals surface area contributed by atoms with Crippen molar-refractivity contribution in [3.8, 4) is 17.4 Å². The third-order valence-corrected chi connectivity index (χ3v) is 6.75. The quantitative estimate of drug-likeness (QED) is 0.0380. The van der Waals surface area contributed by atoms with E-state index in [1.54, 1.807) is 38.5 Å². The number of carbonyl (C=O) groups is 2. The molecule has 0 spiro atoms. The van der Waals surface area contributed by atoms with E-state index in [1.807, 2.05) is 72.8 Å². The highest BCUT2D eigenvalue weighted by Gasteiger charge is 2.26. The number of carbonyl (C=O) groups excluding carboxylic acids is 2. The number of hydrogen-bond acceptors (Lipinski definition) is 9. The number of azo groups is 1. The number of benzene rings is 4. The van der Waals surface area contributed by atoms with Crippen LogP contribution in [0.3, 0.4) is 0 Å². The van der Waals surface area contributed by atoms with Crippen molar-refractivity contribution >= 4 is 80.0 Å². The maximum Gasteiger partial charge on any atom is 0.296 e. The average molecular weight is 671 g/mol. The van der Waals surface area contributed by atoms with Crippen LogP contribution in [-0.2, 0) is 4.79 Å². The van der Waals surface area contributed by atoms with Gasteiger partial charge in [0.25, 0.3) is 11.7 Å². The first-order valence-corrected chi connectivity index (χ1v) is 14.6. The fourth-order valence-corrected chi connectivity index (χ4v) is 4.34. The van der Waals surface area contributed by atoms with Gasteiger partial charge in [0.1, 0.15) is 11.5 Å². The molecule has 4 aromatic carbocycles. The lowest BCUT2D eigenvalue weighted by Gasteiger charge is -2.06. The molecule has 1 aliphatic rings. The van der Waals surface area contributed by atoms with Crippen LogP contribution in [0.5, 0.6) is 17.4 Å². The molecule has 240 valence electrons. The van der Waals surface area contributed by atoms with Crippen LogP contribution < -0.4 is 36.7 Å². The van der Waals surface area contributed by atoms with Crippen molar-refractivity contribution in [2.75, 3.05) is 30.2 Å². The van der Waals surface area contributed by atoms with Gasteiger partial charge in [-0.1, -0.05) is 30.3 Å². The predicted octanol–water partition coefficient (Wildman–Crippen LogP) is 6.04. The summed E-state index contributed by atoms with van der Waals surface area (Å²) in [6.45, 7) is 0. The van der Waals surface area contributed by atoms with E-state index >= 15 is 0 Å². The number of methoxy groups -OCH3 is 2. The number of para-hydroxylation sites is 2. The first-order valence-electron chi connectivity index (χ1n) is 13.7. The van der Waals surface area contributed by atoms with E-state index in [-0.39, 0.29) is 11.0 Å². The normalized spacial score (nSPS) is 11.3. The number of hydrazine groups is 1. The Morgan fingerprint density at radius 2 is 1.38 bits per heavy atom. The van der Waals surface area contributed by atoms with Crippen molar-refractivity contribution in [2.24, 2.45) is 16.1 Å². The van der Waals surface area contributed by atoms with Crippen LogP contribution in [0, 0.1) is 0 Å². The molecule has 0 unspecified atom stereocenters. The lowest BCUT2D eigenvalue weighted by molar-refractivity contribution is -0.112. The molecule has 13 nitrogen and oxygen atoms in total. The molecule has 1 aliphatic heterocycles. The lowest BCUT2D eigenvalue weighted by atomic mass is 10.1. The van der Waals surface area contributed by atoms with Crippen LogP contribution in [0.1, 0.15) is 10.4 Å². The number of aromatic hydroxyl groups is 1. The number of H-pyrrole nitrogens is 1. The zero-order valence-electron chi connectivity index (χ0n) is 25.1. The van der Waals surface area contributed by atoms with Crippen LogP contribution in [0.15, 0.2) is 107 Å². The molecule has 1 aromatic heterocycles. The molecule has 15 heteroatoms. The number of thiocarbonyl (C=S) groups is 2. The van der Waals surface area contributed by atoms with E-state index in [0.717, 1.165) is 33.8 Å². The number of aromatic nitrogens is 1. The molecule has 2 heterocycles. The Labute approximate surface area is 280 Å². The van der Waals surface area contributed by atoms with Gasteiger partial charge in [-0.15, -0.1) is 10.2 Å². The first kappa shape index (κ1) is 34.0. The second kappa shape index (κ2) is 16.4. The van der Waals surface area contributed by atoms with E-state index in [2.05, 4.69) is 36.6 Å². The van der Waals surface area contributed by atoms with Crippen molar-refractivity contribution in [1.82, 2.24) is 10.4 Å². The number of fused-ring (bicyclic) bond motifs is 2. The average Bonchev–Trinajstić information content (AvgIpc) is 3.58. The number of ether oxygens (including phenoxy) is 2. The maximum absolute atomic E-state index is 11.0. The van der Waals surface area contributed by atoms with Gasteiger partial charge in [-0.3, -0.25) is 9.59 Å². The third-order valence-electron chi connectivity index (χ3n) is 6.35. The molecule has 0 fully saturated rings. The number of aromatic amines is 1. The number of nitrogens with two attached hydrogens (primary N) is 1. The van der Waals surface area contributed by atoms with E-state index in [1.165, 1.54) is 0 Å². The van der Waals surface area contributed by atoms with Crippen LogP contribution in [0.4, 0.5) is 22.7 Å². The number of rotatable bonds is 5. The molecule has 6 rings (SSSR count). The Bertz CT molecular complexity index is 1910. The Morgan fingerprint density at radius 1 is 0.809 bits per heavy atom. The van der Waals surface area contributed by atoms with Crippen molar-refractivity contribution in [3.63, 3.8) is 0 Å². The van der Waals surface area contributed by atoms with E-state index in [9.17, 15) is 14.7 Å². The van der Waals surface area contributed by atoms with Crippen molar-refractivity contribution in [3.05, 3.63) is 103 Å². The molecule has 5 aromatic rings. The highest BCUT2D eigenvalue weighted by Crippen LogP contribution is 2.35. The van der Waals surface area contributed by atoms with Crippen LogP contribution in [0.25, 0.3) is 10.9 Å². The summed E-state index contributed by atoms with van der Waals surface area (Å²) in [4.78, 5) is 24.6. The molecule has 0 saturated heterocycles. The Kier molecular flexibility index (Phi) is 11.9. The number of amides is 1. The van der Waals surface area contributed by atoms with Gasteiger partial charge in [0.15, 0.2) is 10.8 Å². The zero-order valence-corrected chi connectivity index (χ0v) is 26.7. The third kappa shape index (κ3) is 9.30. The Morgan fingerprint density at radius 3 is 1.98 bits per heavy atom. The lowest BCUT2D eigenvalue weighted by Crippen LogP contribution is -2.34. The van der Waals surface area contributed by atoms with Crippen molar-refractivity contribution < 1.29 is 24.2 Å². The Balaban J connectivity index is 0.000000176. The van der Waals surface area contributed by atoms with E-state index in [4.69, 9.17) is 39.8 Å². The number of hydrogen-bond donors (Lipinski definition) is 7. The van der Waals surface area contributed by atoms with Gasteiger partial charge in [0.2, 0.25) is 11.0 Å². The second-order valence-electron chi connectivity index (χ2n) is 9.38. The molecule has 0 radical (unpaired) electrons. The summed E-state index contributed by atoms with van der Waals surface area (Å²) in [5.74, 6) is 5.64. The molecule has 47 heavy (non-hydrogen) atoms. The number of nitrogens with one attached hydrogen (secondary N) is 5. The fourth-order valence-electron chi connectivity index (χ4n) is 4.07. The van der Waals surface area contributed by atoms with Gasteiger partial charge < -0.3 is 40.9 Å². The smallest absolute Gasteiger partial charge is 0.296 e. The highest BCUT2D eigenvalue weighted by atomic mass is 32.1. The number of anilines is 3. The largest absolute Gasteiger partial charge is 0.497 e. The topological polar surface area (TPSA) is 187 Å². The molecular weight excluding hydrogens is 641 g/mol. The highest BCUT2D eigenvalue weighted by molar-refractivity contribution is 7.80. The minimum absolute atomic E-state index is 0.0396.